The summed E-state index contributed by atoms with van der Waals surface area (Å²) in [6, 6.07) is 5.95. The first-order valence-electron chi connectivity index (χ1n) is 11.0. The highest BCUT2D eigenvalue weighted by Gasteiger charge is 2.26. The van der Waals surface area contributed by atoms with Crippen LogP contribution in [0, 0.1) is 19.8 Å². The van der Waals surface area contributed by atoms with E-state index in [9.17, 15) is 14.4 Å². The smallest absolute Gasteiger partial charge is 0.413 e. The summed E-state index contributed by atoms with van der Waals surface area (Å²) in [4.78, 5) is 44.5. The second kappa shape index (κ2) is 9.69. The molecular weight excluding hydrogens is 458 g/mol. The van der Waals surface area contributed by atoms with Gasteiger partial charge in [-0.2, -0.15) is 0 Å². The minimum Gasteiger partial charge on any atom is -0.450 e. The van der Waals surface area contributed by atoms with Crippen LogP contribution < -0.4 is 10.9 Å². The topological polar surface area (TPSA) is 90.3 Å². The standard InChI is InChI=1S/C24H27N3O4S2/c1-5-31-24(30)25-19(28)12-32-23-26-21-20(16-9-7-14(3)11-18(16)33-21)22(29)27(23)17-10-13(2)6-8-15(17)4/h6,8,10,14H,5,7,9,11-12H2,1-4H3,(H,25,28,30). The van der Waals surface area contributed by atoms with Crippen LogP contribution in [0.4, 0.5) is 4.79 Å². The molecule has 0 fully saturated rings. The molecular formula is C24H27N3O4S2. The molecule has 174 valence electrons. The van der Waals surface area contributed by atoms with Crippen molar-refractivity contribution >= 4 is 45.3 Å². The van der Waals surface area contributed by atoms with Crippen LogP contribution in [-0.2, 0) is 22.4 Å². The van der Waals surface area contributed by atoms with Gasteiger partial charge in [0.05, 0.1) is 23.4 Å². The molecule has 2 amide bonds. The number of rotatable bonds is 5. The molecule has 4 rings (SSSR count). The molecule has 0 spiro atoms. The summed E-state index contributed by atoms with van der Waals surface area (Å²) in [5, 5.41) is 3.33. The fourth-order valence-electron chi connectivity index (χ4n) is 4.09. The molecule has 33 heavy (non-hydrogen) atoms. The van der Waals surface area contributed by atoms with Crippen LogP contribution in [0.25, 0.3) is 15.9 Å². The van der Waals surface area contributed by atoms with Crippen molar-refractivity contribution < 1.29 is 14.3 Å². The first-order chi connectivity index (χ1) is 15.8. The molecule has 1 aliphatic carbocycles. The predicted octanol–water partition coefficient (Wildman–Crippen LogP) is 4.55. The number of carbonyl (C=O) groups is 2. The summed E-state index contributed by atoms with van der Waals surface area (Å²) in [5.41, 5.74) is 3.75. The molecule has 0 bridgehead atoms. The first kappa shape index (κ1) is 23.5. The van der Waals surface area contributed by atoms with Gasteiger partial charge in [0.25, 0.3) is 5.56 Å². The number of carbonyl (C=O) groups excluding carboxylic acids is 2. The molecule has 3 aromatic rings. The molecule has 0 aliphatic heterocycles. The third-order valence-corrected chi connectivity index (χ3v) is 7.84. The number of alkyl carbamates (subject to hydrolysis) is 1. The van der Waals surface area contributed by atoms with Gasteiger partial charge in [0.15, 0.2) is 5.16 Å². The fourth-order valence-corrected chi connectivity index (χ4v) is 6.32. The molecule has 1 unspecified atom stereocenters. The number of aryl methyl sites for hydroxylation is 3. The van der Waals surface area contributed by atoms with Crippen molar-refractivity contribution in [3.05, 3.63) is 50.1 Å². The zero-order valence-electron chi connectivity index (χ0n) is 19.2. The Balaban J connectivity index is 1.80. The number of thiophene rings is 1. The number of aromatic nitrogens is 2. The molecule has 2 aromatic heterocycles. The number of nitrogens with zero attached hydrogens (tertiary/aromatic N) is 2. The van der Waals surface area contributed by atoms with E-state index in [0.717, 1.165) is 53.4 Å². The van der Waals surface area contributed by atoms with Gasteiger partial charge in [-0.15, -0.1) is 11.3 Å². The van der Waals surface area contributed by atoms with Crippen molar-refractivity contribution in [3.63, 3.8) is 0 Å². The maximum atomic E-state index is 13.9. The quantitative estimate of drug-likeness (QED) is 0.421. The van der Waals surface area contributed by atoms with Gasteiger partial charge in [0.2, 0.25) is 5.91 Å². The van der Waals surface area contributed by atoms with Gasteiger partial charge in [-0.3, -0.25) is 19.5 Å². The van der Waals surface area contributed by atoms with Crippen LogP contribution in [0.1, 0.15) is 41.8 Å². The van der Waals surface area contributed by atoms with Crippen LogP contribution in [0.2, 0.25) is 0 Å². The monoisotopic (exact) mass is 485 g/mol. The zero-order chi connectivity index (χ0) is 23.7. The average Bonchev–Trinajstić information content (AvgIpc) is 3.12. The summed E-state index contributed by atoms with van der Waals surface area (Å²) in [7, 11) is 0. The van der Waals surface area contributed by atoms with Crippen LogP contribution in [-0.4, -0.2) is 33.9 Å². The third kappa shape index (κ3) is 4.84. The summed E-state index contributed by atoms with van der Waals surface area (Å²) in [6.45, 7) is 8.02. The van der Waals surface area contributed by atoms with Gasteiger partial charge < -0.3 is 4.74 Å². The molecule has 9 heteroatoms. The molecule has 1 atom stereocenters. The third-order valence-electron chi connectivity index (χ3n) is 5.75. The molecule has 2 heterocycles. The van der Waals surface area contributed by atoms with Crippen molar-refractivity contribution in [2.24, 2.45) is 5.92 Å². The highest BCUT2D eigenvalue weighted by Crippen LogP contribution is 2.37. The largest absolute Gasteiger partial charge is 0.450 e. The van der Waals surface area contributed by atoms with E-state index in [0.29, 0.717) is 21.3 Å². The van der Waals surface area contributed by atoms with Crippen molar-refractivity contribution in [1.29, 1.82) is 0 Å². The lowest BCUT2D eigenvalue weighted by Crippen LogP contribution is -2.32. The molecule has 1 aliphatic rings. The minimum atomic E-state index is -0.779. The van der Waals surface area contributed by atoms with Crippen molar-refractivity contribution in [2.75, 3.05) is 12.4 Å². The van der Waals surface area contributed by atoms with E-state index in [2.05, 4.69) is 12.2 Å². The lowest BCUT2D eigenvalue weighted by molar-refractivity contribution is -0.117. The Morgan fingerprint density at radius 1 is 1.33 bits per heavy atom. The van der Waals surface area contributed by atoms with Crippen molar-refractivity contribution in [2.45, 2.75) is 52.1 Å². The Hall–Kier alpha value is -2.65. The van der Waals surface area contributed by atoms with E-state index in [-0.39, 0.29) is 17.9 Å². The number of amides is 2. The molecule has 0 saturated heterocycles. The van der Waals surface area contributed by atoms with E-state index < -0.39 is 12.0 Å². The zero-order valence-corrected chi connectivity index (χ0v) is 20.8. The van der Waals surface area contributed by atoms with Gasteiger partial charge >= 0.3 is 6.09 Å². The van der Waals surface area contributed by atoms with Crippen molar-refractivity contribution in [3.8, 4) is 5.69 Å². The Bertz CT molecular complexity index is 1300. The van der Waals surface area contributed by atoms with Crippen LogP contribution >= 0.6 is 23.1 Å². The van der Waals surface area contributed by atoms with Crippen LogP contribution in [0.3, 0.4) is 0 Å². The number of thioether (sulfide) groups is 1. The molecule has 0 radical (unpaired) electrons. The minimum absolute atomic E-state index is 0.0657. The highest BCUT2D eigenvalue weighted by molar-refractivity contribution is 7.99. The first-order valence-corrected chi connectivity index (χ1v) is 12.8. The Morgan fingerprint density at radius 3 is 2.88 bits per heavy atom. The normalized spacial score (nSPS) is 15.3. The molecule has 1 N–H and O–H groups in total. The molecule has 7 nitrogen and oxygen atoms in total. The Kier molecular flexibility index (Phi) is 6.90. The summed E-state index contributed by atoms with van der Waals surface area (Å²) in [5.74, 6) is 0.0239. The van der Waals surface area contributed by atoms with Crippen LogP contribution in [0.5, 0.6) is 0 Å². The number of benzene rings is 1. The number of nitrogens with one attached hydrogen (secondary N) is 1. The van der Waals surface area contributed by atoms with E-state index in [4.69, 9.17) is 9.72 Å². The lowest BCUT2D eigenvalue weighted by atomic mass is 9.89. The number of fused-ring (bicyclic) bond motifs is 3. The van der Waals surface area contributed by atoms with Gasteiger partial charge in [0.1, 0.15) is 4.83 Å². The summed E-state index contributed by atoms with van der Waals surface area (Å²) < 4.78 is 6.39. The maximum absolute atomic E-state index is 13.9. The van der Waals surface area contributed by atoms with E-state index in [1.807, 2.05) is 32.0 Å². The predicted molar refractivity (Wildman–Crippen MR) is 132 cm³/mol. The number of ether oxygens (including phenoxy) is 1. The Morgan fingerprint density at radius 2 is 2.12 bits per heavy atom. The summed E-state index contributed by atoms with van der Waals surface area (Å²) >= 11 is 2.72. The number of hydrogen-bond donors (Lipinski definition) is 1. The second-order valence-corrected chi connectivity index (χ2v) is 10.4. The fraction of sp³-hybridized carbons (Fsp3) is 0.417. The van der Waals surface area contributed by atoms with Gasteiger partial charge in [0, 0.05) is 4.88 Å². The van der Waals surface area contributed by atoms with Gasteiger partial charge in [-0.1, -0.05) is 30.8 Å². The SMILES string of the molecule is CCOC(=O)NC(=O)CSc1nc2sc3c(c2c(=O)n1-c1cc(C)ccc1C)CCC(C)C3. The lowest BCUT2D eigenvalue weighted by Gasteiger charge is -2.18. The molecule has 1 aromatic carbocycles. The van der Waals surface area contributed by atoms with E-state index >= 15 is 0 Å². The second-order valence-electron chi connectivity index (χ2n) is 8.41. The summed E-state index contributed by atoms with van der Waals surface area (Å²) in [6.07, 6.45) is 2.13. The number of imide groups is 1. The van der Waals surface area contributed by atoms with E-state index in [1.165, 1.54) is 4.88 Å². The number of hydrogen-bond acceptors (Lipinski definition) is 7. The van der Waals surface area contributed by atoms with Crippen LogP contribution in [0.15, 0.2) is 28.2 Å². The van der Waals surface area contributed by atoms with E-state index in [1.54, 1.807) is 22.8 Å². The van der Waals surface area contributed by atoms with Gasteiger partial charge in [-0.05, 0) is 68.7 Å². The average molecular weight is 486 g/mol. The maximum Gasteiger partial charge on any atom is 0.413 e. The highest BCUT2D eigenvalue weighted by atomic mass is 32.2. The molecule has 0 saturated carbocycles. The van der Waals surface area contributed by atoms with Gasteiger partial charge in [-0.25, -0.2) is 9.78 Å². The Labute approximate surface area is 200 Å². The van der Waals surface area contributed by atoms with Crippen molar-refractivity contribution in [1.82, 2.24) is 14.9 Å².